The van der Waals surface area contributed by atoms with E-state index >= 15 is 0 Å². The highest BCUT2D eigenvalue weighted by molar-refractivity contribution is 5.83. The predicted molar refractivity (Wildman–Crippen MR) is 88.0 cm³/mol. The number of likely N-dealkylation sites (tertiary alicyclic amines) is 1. The van der Waals surface area contributed by atoms with Gasteiger partial charge in [-0.3, -0.25) is 9.48 Å². The molecule has 1 aromatic carbocycles. The smallest absolute Gasteiger partial charge is 0.252 e. The fraction of sp³-hybridized carbons (Fsp3) is 0.444. The van der Waals surface area contributed by atoms with E-state index in [1.807, 2.05) is 54.4 Å². The molecule has 1 aliphatic rings. The molecule has 0 spiro atoms. The number of carbonyl (C=O) groups is 1. The summed E-state index contributed by atoms with van der Waals surface area (Å²) >= 11 is 0. The normalized spacial score (nSPS) is 19.5. The molecule has 1 saturated heterocycles. The molecular weight excluding hydrogens is 290 g/mol. The second-order valence-corrected chi connectivity index (χ2v) is 5.80. The second kappa shape index (κ2) is 7.42. The van der Waals surface area contributed by atoms with E-state index in [1.54, 1.807) is 10.9 Å². The molecule has 2 atom stereocenters. The van der Waals surface area contributed by atoms with Crippen LogP contribution in [0.1, 0.15) is 31.4 Å². The van der Waals surface area contributed by atoms with E-state index in [2.05, 4.69) is 5.10 Å². The van der Waals surface area contributed by atoms with E-state index in [-0.39, 0.29) is 12.0 Å². The first-order valence-corrected chi connectivity index (χ1v) is 8.24. The molecule has 1 aliphatic heterocycles. The number of aromatic nitrogens is 2. The zero-order valence-electron chi connectivity index (χ0n) is 13.5. The zero-order chi connectivity index (χ0) is 16.1. The summed E-state index contributed by atoms with van der Waals surface area (Å²) in [5, 5.41) is 4.30. The van der Waals surface area contributed by atoms with Gasteiger partial charge in [-0.05, 0) is 31.4 Å². The average Bonchev–Trinajstić information content (AvgIpc) is 3.11. The average molecular weight is 313 g/mol. The van der Waals surface area contributed by atoms with Gasteiger partial charge < -0.3 is 9.64 Å². The van der Waals surface area contributed by atoms with Crippen molar-refractivity contribution in [2.45, 2.75) is 31.9 Å². The maximum Gasteiger partial charge on any atom is 0.252 e. The number of hydrogen-bond acceptors (Lipinski definition) is 3. The molecule has 23 heavy (non-hydrogen) atoms. The highest BCUT2D eigenvalue weighted by Crippen LogP contribution is 2.23. The topological polar surface area (TPSA) is 47.4 Å². The molecule has 1 amide bonds. The molecule has 0 saturated carbocycles. The lowest BCUT2D eigenvalue weighted by Gasteiger charge is -2.34. The van der Waals surface area contributed by atoms with Crippen LogP contribution < -0.4 is 0 Å². The summed E-state index contributed by atoms with van der Waals surface area (Å²) in [7, 11) is 0. The molecule has 3 rings (SSSR count). The van der Waals surface area contributed by atoms with Gasteiger partial charge in [-0.25, -0.2) is 0 Å². The second-order valence-electron chi connectivity index (χ2n) is 5.80. The maximum atomic E-state index is 13.2. The monoisotopic (exact) mass is 313 g/mol. The number of hydrogen-bond donors (Lipinski definition) is 0. The highest BCUT2D eigenvalue weighted by atomic mass is 16.5. The van der Waals surface area contributed by atoms with Crippen LogP contribution in [0.3, 0.4) is 0 Å². The molecule has 5 nitrogen and oxygen atoms in total. The van der Waals surface area contributed by atoms with Gasteiger partial charge in [0.1, 0.15) is 0 Å². The van der Waals surface area contributed by atoms with Crippen molar-refractivity contribution in [1.29, 1.82) is 0 Å². The quantitative estimate of drug-likeness (QED) is 0.852. The molecule has 0 radical (unpaired) electrons. The number of nitrogens with zero attached hydrogens (tertiary/aromatic N) is 3. The Morgan fingerprint density at radius 1 is 1.35 bits per heavy atom. The number of amides is 1. The van der Waals surface area contributed by atoms with E-state index in [9.17, 15) is 4.79 Å². The van der Waals surface area contributed by atoms with Crippen molar-refractivity contribution in [3.63, 3.8) is 0 Å². The van der Waals surface area contributed by atoms with E-state index in [0.717, 1.165) is 24.9 Å². The van der Waals surface area contributed by atoms with Gasteiger partial charge in [0.05, 0.1) is 6.10 Å². The van der Waals surface area contributed by atoms with Crippen LogP contribution in [0.4, 0.5) is 0 Å². The lowest BCUT2D eigenvalue weighted by Crippen LogP contribution is -2.46. The predicted octanol–water partition coefficient (Wildman–Crippen LogP) is 2.50. The molecule has 1 aromatic heterocycles. The van der Waals surface area contributed by atoms with Crippen LogP contribution in [0.15, 0.2) is 48.8 Å². The van der Waals surface area contributed by atoms with E-state index in [0.29, 0.717) is 13.2 Å². The first kappa shape index (κ1) is 15.7. The number of ether oxygens (including phenoxy) is 1. The Kier molecular flexibility index (Phi) is 5.08. The summed E-state index contributed by atoms with van der Waals surface area (Å²) in [6.07, 6.45) is 5.71. The van der Waals surface area contributed by atoms with Crippen molar-refractivity contribution in [3.05, 3.63) is 54.4 Å². The molecule has 2 unspecified atom stereocenters. The molecule has 1 fully saturated rings. The third-order valence-corrected chi connectivity index (χ3v) is 4.23. The lowest BCUT2D eigenvalue weighted by molar-refractivity contribution is -0.137. The minimum absolute atomic E-state index is 0.0873. The molecule has 0 N–H and O–H groups in total. The fourth-order valence-corrected chi connectivity index (χ4v) is 3.16. The Labute approximate surface area is 136 Å². The molecule has 0 bridgehead atoms. The van der Waals surface area contributed by atoms with Gasteiger partial charge in [-0.15, -0.1) is 0 Å². The van der Waals surface area contributed by atoms with Crippen molar-refractivity contribution in [2.75, 3.05) is 19.7 Å². The van der Waals surface area contributed by atoms with Gasteiger partial charge in [0.15, 0.2) is 6.04 Å². The third kappa shape index (κ3) is 3.62. The third-order valence-electron chi connectivity index (χ3n) is 4.23. The Bertz CT molecular complexity index is 610. The minimum Gasteiger partial charge on any atom is -0.377 e. The summed E-state index contributed by atoms with van der Waals surface area (Å²) in [6.45, 7) is 4.13. The molecule has 2 aromatic rings. The first-order chi connectivity index (χ1) is 11.3. The minimum atomic E-state index is -0.411. The van der Waals surface area contributed by atoms with Gasteiger partial charge in [-0.2, -0.15) is 5.10 Å². The molecule has 0 aliphatic carbocycles. The summed E-state index contributed by atoms with van der Waals surface area (Å²) in [5.74, 6) is 0.0873. The van der Waals surface area contributed by atoms with E-state index in [4.69, 9.17) is 4.74 Å². The van der Waals surface area contributed by atoms with Crippen molar-refractivity contribution in [2.24, 2.45) is 0 Å². The van der Waals surface area contributed by atoms with E-state index < -0.39 is 6.04 Å². The van der Waals surface area contributed by atoms with Gasteiger partial charge >= 0.3 is 0 Å². The maximum absolute atomic E-state index is 13.2. The molecular formula is C18H23N3O2. The molecule has 2 heterocycles. The number of carbonyl (C=O) groups excluding carboxylic acids is 1. The van der Waals surface area contributed by atoms with Crippen LogP contribution >= 0.6 is 0 Å². The van der Waals surface area contributed by atoms with Gasteiger partial charge in [0, 0.05) is 32.1 Å². The van der Waals surface area contributed by atoms with Crippen LogP contribution in [0.25, 0.3) is 0 Å². The van der Waals surface area contributed by atoms with Crippen LogP contribution in [0.5, 0.6) is 0 Å². The fourth-order valence-electron chi connectivity index (χ4n) is 3.16. The Morgan fingerprint density at radius 2 is 2.17 bits per heavy atom. The van der Waals surface area contributed by atoms with Crippen LogP contribution in [-0.2, 0) is 9.53 Å². The SMILES string of the molecule is CCOC1CCCN(C(=O)C(c2ccccc2)n2cccn2)C1. The summed E-state index contributed by atoms with van der Waals surface area (Å²) in [6, 6.07) is 11.3. The van der Waals surface area contributed by atoms with Gasteiger partial charge in [0.25, 0.3) is 5.91 Å². The summed E-state index contributed by atoms with van der Waals surface area (Å²) in [5.41, 5.74) is 0.958. The number of rotatable bonds is 5. The highest BCUT2D eigenvalue weighted by Gasteiger charge is 2.31. The van der Waals surface area contributed by atoms with Crippen molar-refractivity contribution in [1.82, 2.24) is 14.7 Å². The van der Waals surface area contributed by atoms with Crippen LogP contribution in [0.2, 0.25) is 0 Å². The lowest BCUT2D eigenvalue weighted by atomic mass is 10.0. The van der Waals surface area contributed by atoms with Crippen molar-refractivity contribution in [3.8, 4) is 0 Å². The van der Waals surface area contributed by atoms with E-state index in [1.165, 1.54) is 0 Å². The Morgan fingerprint density at radius 3 is 2.87 bits per heavy atom. The molecule has 122 valence electrons. The summed E-state index contributed by atoms with van der Waals surface area (Å²) in [4.78, 5) is 15.1. The van der Waals surface area contributed by atoms with Crippen LogP contribution in [0, 0.1) is 0 Å². The Balaban J connectivity index is 1.83. The van der Waals surface area contributed by atoms with Crippen LogP contribution in [-0.4, -0.2) is 46.4 Å². The summed E-state index contributed by atoms with van der Waals surface area (Å²) < 4.78 is 7.46. The first-order valence-electron chi connectivity index (χ1n) is 8.24. The van der Waals surface area contributed by atoms with Gasteiger partial charge in [-0.1, -0.05) is 30.3 Å². The van der Waals surface area contributed by atoms with Crippen molar-refractivity contribution >= 4 is 5.91 Å². The van der Waals surface area contributed by atoms with Gasteiger partial charge in [0.2, 0.25) is 0 Å². The zero-order valence-corrected chi connectivity index (χ0v) is 13.5. The largest absolute Gasteiger partial charge is 0.377 e. The standard InChI is InChI=1S/C18H23N3O2/c1-2-23-16-10-6-12-20(14-16)18(22)17(21-13-7-11-19-21)15-8-4-3-5-9-15/h3-5,7-9,11,13,16-17H,2,6,10,12,14H2,1H3. The molecule has 5 heteroatoms. The number of benzene rings is 1. The Hall–Kier alpha value is -2.14. The van der Waals surface area contributed by atoms with Crippen molar-refractivity contribution < 1.29 is 9.53 Å². The number of piperidine rings is 1.